The van der Waals surface area contributed by atoms with Gasteiger partial charge >= 0.3 is 41.5 Å². The van der Waals surface area contributed by atoms with Crippen LogP contribution in [0.2, 0.25) is 0 Å². The van der Waals surface area contributed by atoms with Crippen LogP contribution in [0.5, 0.6) is 0 Å². The van der Waals surface area contributed by atoms with Crippen LogP contribution in [0.1, 0.15) is 103 Å². The summed E-state index contributed by atoms with van der Waals surface area (Å²) in [5, 5.41) is 0. The number of nitrogens with two attached hydrogens (primary N) is 1. The maximum atomic E-state index is 11.6. The molecular weight excluding hydrogens is 369 g/mol. The standard InChI is InChI=1S/C21H41NO3S.Na.H/c1-3-4-5-6-7-8-9-10-11-12-13-14-15-16-20(23)25-21(24)19(22)17-18-26-2;;/h19H,3-18,22H2,1-2H3;;. The predicted octanol–water partition coefficient (Wildman–Crippen LogP) is 4.97. The van der Waals surface area contributed by atoms with E-state index in [0.29, 0.717) is 12.8 Å². The minimum atomic E-state index is -0.682. The quantitative estimate of drug-likeness (QED) is 0.149. The molecular formula is C21H42NNaO3S. The van der Waals surface area contributed by atoms with Crippen LogP contribution in [0.3, 0.4) is 0 Å². The molecule has 0 bridgehead atoms. The molecule has 2 N–H and O–H groups in total. The minimum absolute atomic E-state index is 0. The summed E-state index contributed by atoms with van der Waals surface area (Å²) in [6.07, 6.45) is 19.3. The van der Waals surface area contributed by atoms with Gasteiger partial charge in [-0.1, -0.05) is 84.0 Å². The molecule has 0 rings (SSSR count). The van der Waals surface area contributed by atoms with Crippen molar-refractivity contribution in [2.45, 2.75) is 109 Å². The Morgan fingerprint density at radius 2 is 1.30 bits per heavy atom. The van der Waals surface area contributed by atoms with Gasteiger partial charge in [0.05, 0.1) is 0 Å². The number of hydrogen-bond acceptors (Lipinski definition) is 5. The summed E-state index contributed by atoms with van der Waals surface area (Å²) in [6.45, 7) is 2.26. The van der Waals surface area contributed by atoms with Gasteiger partial charge < -0.3 is 10.5 Å². The van der Waals surface area contributed by atoms with E-state index in [1.54, 1.807) is 11.8 Å². The molecule has 0 aliphatic carbocycles. The van der Waals surface area contributed by atoms with Crippen molar-refractivity contribution in [3.63, 3.8) is 0 Å². The van der Waals surface area contributed by atoms with E-state index in [0.717, 1.165) is 25.0 Å². The van der Waals surface area contributed by atoms with Crippen molar-refractivity contribution in [2.75, 3.05) is 12.0 Å². The molecule has 0 heterocycles. The molecule has 0 amide bonds. The number of carbonyl (C=O) groups excluding carboxylic acids is 2. The van der Waals surface area contributed by atoms with Gasteiger partial charge in [-0.2, -0.15) is 11.8 Å². The molecule has 1 atom stereocenters. The first-order valence-electron chi connectivity index (χ1n) is 10.6. The predicted molar refractivity (Wildman–Crippen MR) is 120 cm³/mol. The average molecular weight is 412 g/mol. The van der Waals surface area contributed by atoms with E-state index in [9.17, 15) is 9.59 Å². The molecule has 27 heavy (non-hydrogen) atoms. The van der Waals surface area contributed by atoms with E-state index in [-0.39, 0.29) is 29.6 Å². The molecule has 0 saturated carbocycles. The van der Waals surface area contributed by atoms with E-state index in [1.165, 1.54) is 64.2 Å². The molecule has 1 unspecified atom stereocenters. The number of ether oxygens (including phenoxy) is 1. The van der Waals surface area contributed by atoms with Crippen molar-refractivity contribution in [1.29, 1.82) is 0 Å². The zero-order valence-corrected chi connectivity index (χ0v) is 17.9. The van der Waals surface area contributed by atoms with Crippen molar-refractivity contribution in [3.8, 4) is 0 Å². The summed E-state index contributed by atoms with van der Waals surface area (Å²) < 4.78 is 4.80. The Kier molecular flexibility index (Phi) is 25.0. The summed E-state index contributed by atoms with van der Waals surface area (Å²) >= 11 is 1.62. The van der Waals surface area contributed by atoms with E-state index >= 15 is 0 Å². The molecule has 0 radical (unpaired) electrons. The topological polar surface area (TPSA) is 69.4 Å². The van der Waals surface area contributed by atoms with E-state index in [4.69, 9.17) is 10.5 Å². The fourth-order valence-electron chi connectivity index (χ4n) is 2.89. The Labute approximate surface area is 193 Å². The van der Waals surface area contributed by atoms with Crippen LogP contribution >= 0.6 is 11.8 Å². The van der Waals surface area contributed by atoms with Crippen LogP contribution in [0, 0.1) is 0 Å². The second-order valence-corrected chi connectivity index (χ2v) is 8.16. The number of thioether (sulfide) groups is 1. The number of carbonyl (C=O) groups is 2. The first-order valence-corrected chi connectivity index (χ1v) is 12.0. The third kappa shape index (κ3) is 21.0. The van der Waals surface area contributed by atoms with Crippen molar-refractivity contribution in [3.05, 3.63) is 0 Å². The summed E-state index contributed by atoms with van der Waals surface area (Å²) in [7, 11) is 0. The number of hydrogen-bond donors (Lipinski definition) is 1. The van der Waals surface area contributed by atoms with Crippen molar-refractivity contribution in [1.82, 2.24) is 0 Å². The normalized spacial score (nSPS) is 11.7. The zero-order valence-electron chi connectivity index (χ0n) is 17.1. The van der Waals surface area contributed by atoms with Gasteiger partial charge in [-0.15, -0.1) is 0 Å². The van der Waals surface area contributed by atoms with Crippen LogP contribution in [0.15, 0.2) is 0 Å². The molecule has 6 heteroatoms. The molecule has 0 aromatic rings. The Morgan fingerprint density at radius 1 is 0.852 bits per heavy atom. The van der Waals surface area contributed by atoms with Crippen LogP contribution in [0.4, 0.5) is 0 Å². The number of esters is 2. The van der Waals surface area contributed by atoms with Gasteiger partial charge in [-0.3, -0.25) is 4.79 Å². The van der Waals surface area contributed by atoms with E-state index in [2.05, 4.69) is 6.92 Å². The summed E-state index contributed by atoms with van der Waals surface area (Å²) in [5.74, 6) is -0.222. The van der Waals surface area contributed by atoms with Crippen LogP contribution in [0.25, 0.3) is 0 Å². The zero-order chi connectivity index (χ0) is 19.5. The van der Waals surface area contributed by atoms with E-state index in [1.807, 2.05) is 6.26 Å². The Hall–Kier alpha value is 0.450. The molecule has 156 valence electrons. The summed E-state index contributed by atoms with van der Waals surface area (Å²) in [6, 6.07) is -0.682. The van der Waals surface area contributed by atoms with Crippen molar-refractivity contribution in [2.24, 2.45) is 5.73 Å². The average Bonchev–Trinajstić information content (AvgIpc) is 2.63. The van der Waals surface area contributed by atoms with Gasteiger partial charge in [-0.25, -0.2) is 4.79 Å². The van der Waals surface area contributed by atoms with Gasteiger partial charge in [-0.05, 0) is 24.9 Å². The molecule has 4 nitrogen and oxygen atoms in total. The van der Waals surface area contributed by atoms with Gasteiger partial charge in [0.2, 0.25) is 0 Å². The molecule has 0 aliphatic heterocycles. The molecule has 0 aromatic heterocycles. The molecule has 0 fully saturated rings. The Bertz CT molecular complexity index is 356. The fourth-order valence-corrected chi connectivity index (χ4v) is 3.38. The maximum absolute atomic E-state index is 11.6. The van der Waals surface area contributed by atoms with Crippen LogP contribution in [-0.4, -0.2) is 59.5 Å². The summed E-state index contributed by atoms with van der Waals surface area (Å²) in [4.78, 5) is 23.2. The number of rotatable bonds is 18. The van der Waals surface area contributed by atoms with Crippen LogP contribution in [-0.2, 0) is 14.3 Å². The Morgan fingerprint density at radius 3 is 1.74 bits per heavy atom. The third-order valence-corrected chi connectivity index (χ3v) is 5.28. The Balaban J connectivity index is 0. The van der Waals surface area contributed by atoms with E-state index < -0.39 is 18.0 Å². The molecule has 0 aromatic carbocycles. The van der Waals surface area contributed by atoms with Gasteiger partial charge in [0, 0.05) is 6.42 Å². The monoisotopic (exact) mass is 411 g/mol. The second kappa shape index (κ2) is 22.7. The second-order valence-electron chi connectivity index (χ2n) is 7.17. The third-order valence-electron chi connectivity index (χ3n) is 4.63. The van der Waals surface area contributed by atoms with Gasteiger partial charge in [0.15, 0.2) is 0 Å². The molecule has 0 saturated heterocycles. The number of unbranched alkanes of at least 4 members (excludes halogenated alkanes) is 12. The first-order chi connectivity index (χ1) is 12.6. The molecule has 0 aliphatic rings. The van der Waals surface area contributed by atoms with Gasteiger partial charge in [0.25, 0.3) is 0 Å². The van der Waals surface area contributed by atoms with Gasteiger partial charge in [0.1, 0.15) is 6.04 Å². The first kappa shape index (κ1) is 29.6. The molecule has 0 spiro atoms. The fraction of sp³-hybridized carbons (Fsp3) is 0.905. The van der Waals surface area contributed by atoms with Crippen molar-refractivity contribution >= 4 is 53.3 Å². The van der Waals surface area contributed by atoms with Crippen LogP contribution < -0.4 is 5.73 Å². The SMILES string of the molecule is CCCCCCCCCCCCCCCC(=O)OC(=O)C(N)CCSC.[NaH]. The van der Waals surface area contributed by atoms with Crippen molar-refractivity contribution < 1.29 is 14.3 Å². The summed E-state index contributed by atoms with van der Waals surface area (Å²) in [5.41, 5.74) is 5.69.